The molecule has 0 saturated carbocycles. The van der Waals surface area contributed by atoms with Crippen LogP contribution in [-0.4, -0.2) is 38.6 Å². The molecule has 1 aromatic rings. The molecule has 1 aromatic carbocycles. The van der Waals surface area contributed by atoms with Crippen LogP contribution in [0.3, 0.4) is 0 Å². The van der Waals surface area contributed by atoms with E-state index in [9.17, 15) is 9.59 Å². The Morgan fingerprint density at radius 1 is 1.24 bits per heavy atom. The highest BCUT2D eigenvalue weighted by atomic mass is 16.5. The molecule has 0 aliphatic rings. The fraction of sp³-hybridized carbons (Fsp3) is 0.400. The van der Waals surface area contributed by atoms with Crippen molar-refractivity contribution in [2.45, 2.75) is 12.3 Å². The van der Waals surface area contributed by atoms with Gasteiger partial charge < -0.3 is 15.4 Å². The Morgan fingerprint density at radius 3 is 2.57 bits per heavy atom. The first-order valence-corrected chi connectivity index (χ1v) is 6.67. The molecule has 0 fully saturated rings. The molecule has 6 nitrogen and oxygen atoms in total. The van der Waals surface area contributed by atoms with E-state index in [0.29, 0.717) is 18.7 Å². The number of nitrogens with one attached hydrogen (secondary N) is 2. The van der Waals surface area contributed by atoms with Gasteiger partial charge in [0.1, 0.15) is 5.92 Å². The van der Waals surface area contributed by atoms with Crippen LogP contribution in [0.5, 0.6) is 0 Å². The molecule has 0 heterocycles. The van der Waals surface area contributed by atoms with Gasteiger partial charge in [0.15, 0.2) is 0 Å². The molecule has 112 valence electrons. The van der Waals surface area contributed by atoms with Crippen molar-refractivity contribution in [2.24, 2.45) is 0 Å². The van der Waals surface area contributed by atoms with Crippen LogP contribution in [0.25, 0.3) is 0 Å². The highest BCUT2D eigenvalue weighted by molar-refractivity contribution is 5.86. The van der Waals surface area contributed by atoms with E-state index in [4.69, 9.17) is 10.00 Å². The molecule has 1 rings (SSSR count). The van der Waals surface area contributed by atoms with E-state index in [1.54, 1.807) is 31.4 Å². The summed E-state index contributed by atoms with van der Waals surface area (Å²) in [6.07, 6.45) is 0.169. The lowest BCUT2D eigenvalue weighted by Crippen LogP contribution is -2.34. The van der Waals surface area contributed by atoms with Gasteiger partial charge in [0, 0.05) is 26.6 Å². The Bertz CT molecular complexity index is 497. The maximum absolute atomic E-state index is 11.9. The van der Waals surface area contributed by atoms with Crippen LogP contribution in [-0.2, 0) is 14.3 Å². The Balaban J connectivity index is 2.36. The number of nitriles is 1. The van der Waals surface area contributed by atoms with Crippen LogP contribution in [0.1, 0.15) is 17.9 Å². The van der Waals surface area contributed by atoms with Crippen molar-refractivity contribution in [1.82, 2.24) is 10.6 Å². The lowest BCUT2D eigenvalue weighted by Gasteiger charge is -2.10. The zero-order valence-corrected chi connectivity index (χ0v) is 12.0. The van der Waals surface area contributed by atoms with Gasteiger partial charge in [-0.05, 0) is 5.56 Å². The topological polar surface area (TPSA) is 91.2 Å². The fourth-order valence-corrected chi connectivity index (χ4v) is 1.71. The lowest BCUT2D eigenvalue weighted by atomic mass is 10.00. The van der Waals surface area contributed by atoms with Crippen molar-refractivity contribution in [3.05, 3.63) is 35.9 Å². The summed E-state index contributed by atoms with van der Waals surface area (Å²) in [5.74, 6) is -1.42. The maximum Gasteiger partial charge on any atom is 0.241 e. The van der Waals surface area contributed by atoms with Crippen molar-refractivity contribution in [2.75, 3.05) is 26.8 Å². The fourth-order valence-electron chi connectivity index (χ4n) is 1.71. The minimum absolute atomic E-state index is 0.166. The van der Waals surface area contributed by atoms with Crippen LogP contribution in [0, 0.1) is 11.3 Å². The summed E-state index contributed by atoms with van der Waals surface area (Å²) in [4.78, 5) is 23.4. The second-order valence-electron chi connectivity index (χ2n) is 4.36. The second kappa shape index (κ2) is 9.50. The number of carbonyl (C=O) groups excluding carboxylic acids is 2. The van der Waals surface area contributed by atoms with Gasteiger partial charge in [-0.3, -0.25) is 9.59 Å². The van der Waals surface area contributed by atoms with E-state index in [2.05, 4.69) is 10.6 Å². The number of ether oxygens (including phenoxy) is 1. The van der Waals surface area contributed by atoms with Gasteiger partial charge in [0.05, 0.1) is 12.7 Å². The summed E-state index contributed by atoms with van der Waals surface area (Å²) in [5.41, 5.74) is 0.641. The third-order valence-corrected chi connectivity index (χ3v) is 2.80. The zero-order chi connectivity index (χ0) is 15.5. The van der Waals surface area contributed by atoms with Gasteiger partial charge in [0.25, 0.3) is 0 Å². The molecule has 0 spiro atoms. The van der Waals surface area contributed by atoms with E-state index >= 15 is 0 Å². The molecule has 21 heavy (non-hydrogen) atoms. The Hall–Kier alpha value is -2.39. The average Bonchev–Trinajstić information content (AvgIpc) is 2.49. The van der Waals surface area contributed by atoms with Crippen molar-refractivity contribution in [1.29, 1.82) is 5.26 Å². The van der Waals surface area contributed by atoms with E-state index in [0.717, 1.165) is 0 Å². The van der Waals surface area contributed by atoms with Crippen LogP contribution >= 0.6 is 0 Å². The van der Waals surface area contributed by atoms with Crippen molar-refractivity contribution >= 4 is 11.8 Å². The largest absolute Gasteiger partial charge is 0.383 e. The van der Waals surface area contributed by atoms with Crippen LogP contribution in [0.2, 0.25) is 0 Å². The lowest BCUT2D eigenvalue weighted by molar-refractivity contribution is -0.122. The summed E-state index contributed by atoms with van der Waals surface area (Å²) in [5, 5.41) is 14.3. The van der Waals surface area contributed by atoms with Crippen LogP contribution in [0.15, 0.2) is 30.3 Å². The number of benzene rings is 1. The van der Waals surface area contributed by atoms with Crippen molar-refractivity contribution in [3.8, 4) is 6.07 Å². The Morgan fingerprint density at radius 2 is 1.95 bits per heavy atom. The van der Waals surface area contributed by atoms with Gasteiger partial charge in [-0.1, -0.05) is 30.3 Å². The number of hydrogen-bond donors (Lipinski definition) is 2. The molecule has 1 unspecified atom stereocenters. The van der Waals surface area contributed by atoms with Crippen LogP contribution in [0.4, 0.5) is 0 Å². The third kappa shape index (κ3) is 6.06. The SMILES string of the molecule is COCCNC(=O)CCNC(=O)C(C#N)c1ccccc1. The van der Waals surface area contributed by atoms with Crippen LogP contribution < -0.4 is 10.6 Å². The first-order valence-electron chi connectivity index (χ1n) is 6.67. The molecule has 2 N–H and O–H groups in total. The molecule has 1 atom stereocenters. The second-order valence-corrected chi connectivity index (χ2v) is 4.36. The predicted molar refractivity (Wildman–Crippen MR) is 77.3 cm³/mol. The highest BCUT2D eigenvalue weighted by Crippen LogP contribution is 2.14. The van der Waals surface area contributed by atoms with Crippen molar-refractivity contribution < 1.29 is 14.3 Å². The molecule has 0 bridgehead atoms. The monoisotopic (exact) mass is 289 g/mol. The molecular weight excluding hydrogens is 270 g/mol. The molecular formula is C15H19N3O3. The van der Waals surface area contributed by atoms with E-state index < -0.39 is 11.8 Å². The third-order valence-electron chi connectivity index (χ3n) is 2.80. The number of carbonyl (C=O) groups is 2. The van der Waals surface area contributed by atoms with Crippen molar-refractivity contribution in [3.63, 3.8) is 0 Å². The number of methoxy groups -OCH3 is 1. The number of amides is 2. The molecule has 0 radical (unpaired) electrons. The number of rotatable bonds is 8. The molecule has 0 aliphatic carbocycles. The molecule has 0 aliphatic heterocycles. The molecule has 2 amide bonds. The first-order chi connectivity index (χ1) is 10.2. The highest BCUT2D eigenvalue weighted by Gasteiger charge is 2.19. The quantitative estimate of drug-likeness (QED) is 0.684. The summed E-state index contributed by atoms with van der Waals surface area (Å²) >= 11 is 0. The van der Waals surface area contributed by atoms with Gasteiger partial charge in [-0.25, -0.2) is 0 Å². The summed E-state index contributed by atoms with van der Waals surface area (Å²) < 4.78 is 4.81. The number of hydrogen-bond acceptors (Lipinski definition) is 4. The predicted octanol–water partition coefficient (Wildman–Crippen LogP) is 0.563. The normalized spacial score (nSPS) is 11.2. The van der Waals surface area contributed by atoms with Gasteiger partial charge in [-0.15, -0.1) is 0 Å². The van der Waals surface area contributed by atoms with E-state index in [1.165, 1.54) is 0 Å². The van der Waals surface area contributed by atoms with E-state index in [1.807, 2.05) is 12.1 Å². The number of nitrogens with zero attached hydrogens (tertiary/aromatic N) is 1. The standard InChI is InChI=1S/C15H19N3O3/c1-21-10-9-17-14(19)7-8-18-15(20)13(11-16)12-5-3-2-4-6-12/h2-6,13H,7-10H2,1H3,(H,17,19)(H,18,20). The first kappa shape index (κ1) is 16.7. The summed E-state index contributed by atoms with van der Waals surface area (Å²) in [6, 6.07) is 10.8. The Kier molecular flexibility index (Phi) is 7.54. The van der Waals surface area contributed by atoms with Gasteiger partial charge >= 0.3 is 0 Å². The zero-order valence-electron chi connectivity index (χ0n) is 12.0. The summed E-state index contributed by atoms with van der Waals surface area (Å²) in [7, 11) is 1.55. The minimum atomic E-state index is -0.859. The van der Waals surface area contributed by atoms with E-state index in [-0.39, 0.29) is 18.9 Å². The van der Waals surface area contributed by atoms with Gasteiger partial charge in [-0.2, -0.15) is 5.26 Å². The maximum atomic E-state index is 11.9. The Labute approximate surface area is 124 Å². The molecule has 6 heteroatoms. The molecule has 0 saturated heterocycles. The molecule has 0 aromatic heterocycles. The minimum Gasteiger partial charge on any atom is -0.383 e. The summed E-state index contributed by atoms with van der Waals surface area (Å²) in [6.45, 7) is 1.08. The average molecular weight is 289 g/mol. The van der Waals surface area contributed by atoms with Gasteiger partial charge in [0.2, 0.25) is 11.8 Å². The smallest absolute Gasteiger partial charge is 0.241 e.